The van der Waals surface area contributed by atoms with Crippen LogP contribution in [-0.2, 0) is 158 Å². The first-order valence-electron chi connectivity index (χ1n) is 19.4. The first kappa shape index (κ1) is 134. The van der Waals surface area contributed by atoms with Crippen LogP contribution in [0.1, 0.15) is 0 Å². The number of aromatic nitrogens is 24. The Kier molecular flexibility index (Phi) is 231. The fourth-order valence-corrected chi connectivity index (χ4v) is 2.31. The molecule has 0 bridgehead atoms. The van der Waals surface area contributed by atoms with E-state index in [-0.39, 0.29) is 169 Å². The third-order valence-electron chi connectivity index (χ3n) is 4.47. The summed E-state index contributed by atoms with van der Waals surface area (Å²) in [6.45, 7) is 0. The summed E-state index contributed by atoms with van der Waals surface area (Å²) in [4.78, 5) is 0. The van der Waals surface area contributed by atoms with E-state index in [2.05, 4.69) is 171 Å². The van der Waals surface area contributed by atoms with Gasteiger partial charge in [-0.25, -0.2) is 0 Å². The second kappa shape index (κ2) is 155. The summed E-state index contributed by atoms with van der Waals surface area (Å²) in [5, 5.41) is 118. The Labute approximate surface area is 643 Å². The molecule has 0 atom stereocenters. The van der Waals surface area contributed by atoms with E-state index in [4.69, 9.17) is 68.0 Å². The molecular formula is C42H40Cl4Fe8N28O4S4. The molecule has 12 rings (SSSR count). The van der Waals surface area contributed by atoms with Crippen LogP contribution in [-0.4, -0.2) is 92.5 Å². The van der Waals surface area contributed by atoms with Crippen molar-refractivity contribution in [2.45, 2.75) is 0 Å². The molecule has 0 saturated carbocycles. The van der Waals surface area contributed by atoms with E-state index in [0.29, 0.717) is 0 Å². The molecule has 48 heteroatoms. The average Bonchev–Trinajstić information content (AvgIpc) is 4.33. The van der Waals surface area contributed by atoms with Crippen LogP contribution in [0.3, 0.4) is 0 Å². The second-order valence-electron chi connectivity index (χ2n) is 9.23. The number of alkyl halides is 4. The fourth-order valence-electron chi connectivity index (χ4n) is 2.31. The van der Waals surface area contributed by atoms with Crippen molar-refractivity contribution >= 4 is 116 Å². The predicted octanol–water partition coefficient (Wildman–Crippen LogP) is 5.45. The molecule has 32 nitrogen and oxygen atoms in total. The predicted molar refractivity (Wildman–Crippen MR) is 310 cm³/mol. The van der Waals surface area contributed by atoms with Crippen LogP contribution >= 0.6 is 95.3 Å². The molecule has 0 aliphatic rings. The molecule has 0 aliphatic carbocycles. The third kappa shape index (κ3) is 184. The van der Waals surface area contributed by atoms with Gasteiger partial charge in [0, 0.05) is 74.4 Å². The Morgan fingerprint density at radius 1 is 0.222 bits per heavy atom. The van der Waals surface area contributed by atoms with E-state index in [1.54, 1.807) is 222 Å². The van der Waals surface area contributed by atoms with Gasteiger partial charge in [-0.3, -0.25) is 0 Å². The Morgan fingerprint density at radius 3 is 0.289 bits per heavy atom. The van der Waals surface area contributed by atoms with E-state index >= 15 is 0 Å². The Hall–Kier alpha value is -5.12. The van der Waals surface area contributed by atoms with Gasteiger partial charge in [-0.1, -0.05) is 122 Å². The Balaban J connectivity index is -0.0000000380. The molecule has 0 saturated heterocycles. The zero-order chi connectivity index (χ0) is 58.7. The molecule has 12 aromatic rings. The van der Waals surface area contributed by atoms with Gasteiger partial charge in [-0.2, -0.15) is 95.0 Å². The van der Waals surface area contributed by atoms with Crippen LogP contribution in [0.15, 0.2) is 222 Å². The van der Waals surface area contributed by atoms with Crippen molar-refractivity contribution in [3.8, 4) is 0 Å². The van der Waals surface area contributed by atoms with Crippen molar-refractivity contribution in [1.29, 1.82) is 0 Å². The molecule has 8 radical (unpaired) electrons. The Bertz CT molecular complexity index is 1790. The van der Waals surface area contributed by atoms with E-state index in [9.17, 15) is 0 Å². The molecule has 12 aromatic heterocycles. The summed E-state index contributed by atoms with van der Waals surface area (Å²) in [6.07, 6.45) is 39.3. The largest absolute Gasteiger partial charge is 3.00 e. The van der Waals surface area contributed by atoms with Crippen molar-refractivity contribution in [3.63, 3.8) is 0 Å². The number of halogens is 4. The minimum absolute atomic E-state index is 0. The number of hydrogen-bond donors (Lipinski definition) is 0. The van der Waals surface area contributed by atoms with Gasteiger partial charge in [-0.05, 0) is 0 Å². The minimum Gasteiger partial charge on any atom is -2.00 e. The fraction of sp³-hybridized carbons (Fsp3) is 0.0476. The topological polar surface area (TPSA) is 527 Å². The molecule has 0 spiro atoms. The summed E-state index contributed by atoms with van der Waals surface area (Å²) in [7, 11) is 0. The van der Waals surface area contributed by atoms with Crippen LogP contribution in [0.25, 0.3) is 21.6 Å². The standard InChI is InChI=1S/12C3H3N2.2CH2Cl2.4CNS.8Fe.4O/c12*1-2-4-5-3-1;6*2-1-3;;;;;;;;;;;;/h12*1-3H;2*1H2;;;;;;;;;;;;;;;;/q12*-1;;;4*-1;8*+3;4*-2. The third-order valence-corrected chi connectivity index (χ3v) is 4.47. The molecule has 0 aromatic carbocycles. The molecule has 12 heterocycles. The van der Waals surface area contributed by atoms with Gasteiger partial charge in [-0.15, -0.1) is 46.4 Å². The van der Waals surface area contributed by atoms with Gasteiger partial charge in [0.2, 0.25) is 0 Å². The van der Waals surface area contributed by atoms with Crippen molar-refractivity contribution < 1.29 is 158 Å². The van der Waals surface area contributed by atoms with Crippen molar-refractivity contribution in [2.24, 2.45) is 0 Å². The van der Waals surface area contributed by atoms with Crippen LogP contribution in [0.4, 0.5) is 0 Å². The molecule has 488 valence electrons. The first-order valence-corrected chi connectivity index (χ1v) is 23.1. The molecule has 0 N–H and O–H groups in total. The van der Waals surface area contributed by atoms with Crippen LogP contribution in [0.2, 0.25) is 0 Å². The van der Waals surface area contributed by atoms with Gasteiger partial charge in [0.05, 0.1) is 10.7 Å². The summed E-state index contributed by atoms with van der Waals surface area (Å²) < 4.78 is 0. The monoisotopic (exact) mass is 1720 g/mol. The molecule has 0 fully saturated rings. The SMILES string of the molecule is ClCCl.ClCCl.[Fe+3].[Fe+3].[Fe+3].[Fe+3].[Fe+3].[Fe+3].[Fe+3].[Fe+3].[N-]=C=S.[N-]=C=S.[N-]=C=S.[N-]=C=S.[O-2].[O-2].[O-2].[O-2].c1cn[n-]c1.c1cn[n-]c1.c1cn[n-]c1.c1cn[n-]c1.c1cn[n-]c1.c1cn[n-]c1.c1cn[n-]c1.c1cn[n-]c1.c1cn[n-]c1.c1cn[n-]c1.c1cn[n-]c1.c1cn[n-]c1. The van der Waals surface area contributed by atoms with E-state index in [1.165, 1.54) is 20.6 Å². The maximum Gasteiger partial charge on any atom is 3.00 e. The minimum atomic E-state index is 0. The zero-order valence-electron chi connectivity index (χ0n) is 44.3. The molecule has 90 heavy (non-hydrogen) atoms. The maximum absolute atomic E-state index is 7.13. The number of thiocarbonyl (C=S) groups is 4. The summed E-state index contributed by atoms with van der Waals surface area (Å²) in [5.74, 6) is 0. The van der Waals surface area contributed by atoms with E-state index in [0.717, 1.165) is 0 Å². The maximum atomic E-state index is 7.13. The number of rotatable bonds is 0. The van der Waals surface area contributed by atoms with Gasteiger partial charge in [0.15, 0.2) is 0 Å². The smallest absolute Gasteiger partial charge is 2.00 e. The van der Waals surface area contributed by atoms with Gasteiger partial charge < -0.3 is 166 Å². The quantitative estimate of drug-likeness (QED) is 0.0788. The average molecular weight is 1720 g/mol. The van der Waals surface area contributed by atoms with Gasteiger partial charge >= 0.3 is 137 Å². The molecule has 0 unspecified atom stereocenters. The van der Waals surface area contributed by atoms with Crippen LogP contribution in [0.5, 0.6) is 0 Å². The van der Waals surface area contributed by atoms with Crippen LogP contribution in [0, 0.1) is 0 Å². The van der Waals surface area contributed by atoms with Crippen LogP contribution < -0.4 is 61.2 Å². The van der Waals surface area contributed by atoms with Gasteiger partial charge in [0.25, 0.3) is 0 Å². The normalized spacial score (nSPS) is 6.09. The van der Waals surface area contributed by atoms with Crippen molar-refractivity contribution in [3.05, 3.63) is 243 Å². The van der Waals surface area contributed by atoms with Crippen molar-refractivity contribution in [1.82, 2.24) is 122 Å². The zero-order valence-corrected chi connectivity index (χ0v) is 59.5. The summed E-state index contributed by atoms with van der Waals surface area (Å²) in [5.41, 5.74) is 0. The summed E-state index contributed by atoms with van der Waals surface area (Å²) in [6, 6.07) is 21.3. The van der Waals surface area contributed by atoms with Crippen molar-refractivity contribution in [2.75, 3.05) is 10.7 Å². The molecule has 0 aliphatic heterocycles. The number of hydrogen-bond acceptors (Lipinski definition) is 16. The summed E-state index contributed by atoms with van der Waals surface area (Å²) >= 11 is 33.9. The molecular weight excluding hydrogens is 1680 g/mol. The second-order valence-corrected chi connectivity index (χ2v) is 11.6. The molecule has 0 amide bonds. The number of isothiocyanates is 4. The van der Waals surface area contributed by atoms with Gasteiger partial charge in [0.1, 0.15) is 0 Å². The van der Waals surface area contributed by atoms with E-state index < -0.39 is 0 Å². The van der Waals surface area contributed by atoms with E-state index in [1.807, 2.05) is 0 Å². The Morgan fingerprint density at radius 2 is 0.278 bits per heavy atom. The first-order chi connectivity index (χ1) is 38.5. The number of nitrogens with zero attached hydrogens (tertiary/aromatic N) is 28.